The van der Waals surface area contributed by atoms with Gasteiger partial charge in [-0.15, -0.1) is 0 Å². The lowest BCUT2D eigenvalue weighted by atomic mass is 9.90. The number of nitrogens with zero attached hydrogens (tertiary/aromatic N) is 4. The maximum Gasteiger partial charge on any atom is 0.412 e. The summed E-state index contributed by atoms with van der Waals surface area (Å²) in [6.45, 7) is 22.7. The Kier molecular flexibility index (Phi) is 9.10. The van der Waals surface area contributed by atoms with E-state index in [9.17, 15) is 9.59 Å². The number of aromatic nitrogens is 3. The normalized spacial score (nSPS) is 11.9. The van der Waals surface area contributed by atoms with Crippen LogP contribution in [0.25, 0.3) is 16.1 Å². The van der Waals surface area contributed by atoms with Gasteiger partial charge in [0.15, 0.2) is 0 Å². The van der Waals surface area contributed by atoms with Crippen molar-refractivity contribution in [2.24, 2.45) is 5.41 Å². The lowest BCUT2D eigenvalue weighted by Crippen LogP contribution is -2.28. The summed E-state index contributed by atoms with van der Waals surface area (Å²) in [4.78, 5) is 28.7. The summed E-state index contributed by atoms with van der Waals surface area (Å²) in [5, 5.41) is 10.8. The zero-order valence-corrected chi connectivity index (χ0v) is 24.9. The number of benzene rings is 1. The highest BCUT2D eigenvalue weighted by molar-refractivity contribution is 6.32. The quantitative estimate of drug-likeness (QED) is 0.277. The molecule has 2 aromatic heterocycles. The Morgan fingerprint density at radius 2 is 1.88 bits per heavy atom. The Hall–Kier alpha value is -3.71. The molecule has 0 radical (unpaired) electrons. The summed E-state index contributed by atoms with van der Waals surface area (Å²) in [5.74, 6) is -0.520. The number of nitrogens with one attached hydrogen (secondary N) is 1. The van der Waals surface area contributed by atoms with Crippen molar-refractivity contribution < 1.29 is 23.2 Å². The molecule has 2 heterocycles. The molecule has 1 aromatic carbocycles. The number of Topliss-reactive ketones (excluding diaryl/α,β-unsaturated/α-hetero) is 1. The second-order valence-corrected chi connectivity index (χ2v) is 12.5. The number of halogens is 2. The van der Waals surface area contributed by atoms with E-state index in [1.807, 2.05) is 13.8 Å². The van der Waals surface area contributed by atoms with Gasteiger partial charge in [-0.25, -0.2) is 14.0 Å². The Morgan fingerprint density at radius 1 is 1.20 bits per heavy atom. The maximum absolute atomic E-state index is 15.6. The van der Waals surface area contributed by atoms with E-state index in [1.54, 1.807) is 26.8 Å². The first-order valence-corrected chi connectivity index (χ1v) is 13.3. The monoisotopic (exact) mass is 571 g/mol. The van der Waals surface area contributed by atoms with Crippen LogP contribution in [0, 0.1) is 17.8 Å². The Balaban J connectivity index is 1.87. The number of carbonyl (C=O) groups is 2. The van der Waals surface area contributed by atoms with Crippen LogP contribution < -0.4 is 5.32 Å². The fourth-order valence-electron chi connectivity index (χ4n) is 4.05. The van der Waals surface area contributed by atoms with Crippen LogP contribution in [-0.2, 0) is 28.8 Å². The van der Waals surface area contributed by atoms with Crippen molar-refractivity contribution in [3.05, 3.63) is 57.5 Å². The van der Waals surface area contributed by atoms with Crippen LogP contribution in [0.5, 0.6) is 0 Å². The maximum atomic E-state index is 15.6. The van der Waals surface area contributed by atoms with Crippen molar-refractivity contribution in [3.8, 4) is 11.3 Å². The van der Waals surface area contributed by atoms with E-state index in [0.29, 0.717) is 17.7 Å². The highest BCUT2D eigenvalue weighted by Crippen LogP contribution is 2.41. The van der Waals surface area contributed by atoms with E-state index < -0.39 is 17.5 Å². The molecule has 0 unspecified atom stereocenters. The van der Waals surface area contributed by atoms with Crippen LogP contribution in [0.4, 0.5) is 20.7 Å². The molecular weight excluding hydrogens is 537 g/mol. The first kappa shape index (κ1) is 30.8. The lowest BCUT2D eigenvalue weighted by Gasteiger charge is -2.20. The van der Waals surface area contributed by atoms with E-state index in [-0.39, 0.29) is 57.9 Å². The molecule has 0 atom stereocenters. The molecule has 0 aliphatic carbocycles. The molecule has 0 bridgehead atoms. The van der Waals surface area contributed by atoms with Gasteiger partial charge in [0.2, 0.25) is 0 Å². The molecule has 3 rings (SSSR count). The third-order valence-corrected chi connectivity index (χ3v) is 6.01. The summed E-state index contributed by atoms with van der Waals surface area (Å²) in [6, 6.07) is 4.45. The van der Waals surface area contributed by atoms with Crippen LogP contribution in [0.15, 0.2) is 22.7 Å². The second kappa shape index (κ2) is 11.8. The molecule has 11 heteroatoms. The van der Waals surface area contributed by atoms with E-state index >= 15 is 4.39 Å². The lowest BCUT2D eigenvalue weighted by molar-refractivity contribution is -0.118. The molecule has 0 aliphatic heterocycles. The summed E-state index contributed by atoms with van der Waals surface area (Å²) >= 11 is 6.37. The SMILES string of the molecule is [C-]#[N+]c1c(-c2ccc(CC(=O)Cc3cc(CC(C)(C)C)no3)c(Cl)c2F)nn(C(C)C)c1NC(=O)OC(C)(C)C. The molecule has 0 saturated carbocycles. The van der Waals surface area contributed by atoms with Crippen molar-refractivity contribution >= 4 is 35.0 Å². The van der Waals surface area contributed by atoms with Crippen molar-refractivity contribution in [2.45, 2.75) is 86.3 Å². The molecule has 214 valence electrons. The third kappa shape index (κ3) is 7.69. The van der Waals surface area contributed by atoms with Gasteiger partial charge in [0.1, 0.15) is 34.5 Å². The van der Waals surface area contributed by atoms with Gasteiger partial charge in [0, 0.05) is 24.1 Å². The molecule has 1 amide bonds. The van der Waals surface area contributed by atoms with Crippen molar-refractivity contribution in [1.29, 1.82) is 0 Å². The average Bonchev–Trinajstić information content (AvgIpc) is 3.38. The highest BCUT2D eigenvalue weighted by atomic mass is 35.5. The molecular formula is C29H35ClFN5O4. The minimum Gasteiger partial charge on any atom is -0.444 e. The topological polar surface area (TPSA) is 104 Å². The number of amides is 1. The van der Waals surface area contributed by atoms with Gasteiger partial charge in [-0.2, -0.15) is 5.10 Å². The highest BCUT2D eigenvalue weighted by Gasteiger charge is 2.28. The molecule has 0 fully saturated rings. The average molecular weight is 572 g/mol. The molecule has 3 aromatic rings. The first-order chi connectivity index (χ1) is 18.5. The van der Waals surface area contributed by atoms with Crippen molar-refractivity contribution in [1.82, 2.24) is 14.9 Å². The fraction of sp³-hybridized carbons (Fsp3) is 0.483. The van der Waals surface area contributed by atoms with Gasteiger partial charge >= 0.3 is 6.09 Å². The Bertz CT molecular complexity index is 1450. The van der Waals surface area contributed by atoms with Crippen LogP contribution in [0.2, 0.25) is 5.02 Å². The van der Waals surface area contributed by atoms with Gasteiger partial charge in [-0.3, -0.25) is 14.8 Å². The molecule has 0 aliphatic rings. The summed E-state index contributed by atoms with van der Waals surface area (Å²) in [6.07, 6.45) is -0.183. The van der Waals surface area contributed by atoms with Crippen LogP contribution >= 0.6 is 11.6 Å². The number of rotatable bonds is 8. The number of hydrogen-bond donors (Lipinski definition) is 1. The fourth-order valence-corrected chi connectivity index (χ4v) is 4.28. The minimum absolute atomic E-state index is 0.00278. The molecule has 0 spiro atoms. The first-order valence-electron chi connectivity index (χ1n) is 12.9. The van der Waals surface area contributed by atoms with Crippen LogP contribution in [0.3, 0.4) is 0 Å². The van der Waals surface area contributed by atoms with Gasteiger partial charge in [-0.1, -0.05) is 49.7 Å². The standard InChI is InChI=1S/C29H35ClFN5O4/c1-16(2)36-26(33-27(38)39-29(6,7)8)25(32-9)24(34-36)21-11-10-17(22(30)23(21)31)12-19(37)14-20-13-18(35-40-20)15-28(3,4)5/h10-11,13,16H,12,14-15H2,1-8H3,(H,33,38). The van der Waals surface area contributed by atoms with Crippen molar-refractivity contribution in [3.63, 3.8) is 0 Å². The number of ether oxygens (including phenoxy) is 1. The van der Waals surface area contributed by atoms with Gasteiger partial charge in [0.05, 0.1) is 23.7 Å². The minimum atomic E-state index is -0.818. The molecule has 1 N–H and O–H groups in total. The number of carbonyl (C=O) groups excluding carboxylic acids is 2. The molecule has 9 nitrogen and oxygen atoms in total. The summed E-state index contributed by atoms with van der Waals surface area (Å²) < 4.78 is 27.6. The predicted molar refractivity (Wildman–Crippen MR) is 151 cm³/mol. The van der Waals surface area contributed by atoms with E-state index in [1.165, 1.54) is 16.8 Å². The van der Waals surface area contributed by atoms with Gasteiger partial charge in [0.25, 0.3) is 5.69 Å². The van der Waals surface area contributed by atoms with Crippen molar-refractivity contribution in [2.75, 3.05) is 5.32 Å². The predicted octanol–water partition coefficient (Wildman–Crippen LogP) is 7.75. The second-order valence-electron chi connectivity index (χ2n) is 12.1. The molecule has 0 saturated heterocycles. The summed E-state index contributed by atoms with van der Waals surface area (Å²) in [5.41, 5.74) is 0.247. The number of ketones is 1. The van der Waals surface area contributed by atoms with Gasteiger partial charge < -0.3 is 9.26 Å². The zero-order valence-electron chi connectivity index (χ0n) is 24.1. The van der Waals surface area contributed by atoms with Crippen LogP contribution in [0.1, 0.15) is 78.4 Å². The van der Waals surface area contributed by atoms with Crippen LogP contribution in [-0.4, -0.2) is 32.4 Å². The Morgan fingerprint density at radius 3 is 2.45 bits per heavy atom. The molecule has 40 heavy (non-hydrogen) atoms. The smallest absolute Gasteiger partial charge is 0.412 e. The largest absolute Gasteiger partial charge is 0.444 e. The number of hydrogen-bond acceptors (Lipinski definition) is 6. The Labute approximate surface area is 238 Å². The van der Waals surface area contributed by atoms with E-state index in [4.69, 9.17) is 27.4 Å². The van der Waals surface area contributed by atoms with E-state index in [2.05, 4.69) is 41.2 Å². The summed E-state index contributed by atoms with van der Waals surface area (Å²) in [7, 11) is 0. The van der Waals surface area contributed by atoms with Gasteiger partial charge in [-0.05, 0) is 52.0 Å². The number of anilines is 1. The zero-order chi connectivity index (χ0) is 30.0. The third-order valence-electron chi connectivity index (χ3n) is 5.60. The van der Waals surface area contributed by atoms with E-state index in [0.717, 1.165) is 5.69 Å².